The number of hydrogen-bond donors (Lipinski definition) is 0. The molecule has 1 heterocycles. The van der Waals surface area contributed by atoms with Gasteiger partial charge in [-0.1, -0.05) is 29.3 Å². The molecule has 2 amide bonds. The Bertz CT molecular complexity index is 568. The number of carbonyl (C=O) groups is 2. The lowest BCUT2D eigenvalue weighted by Gasteiger charge is -2.28. The lowest BCUT2D eigenvalue weighted by Crippen LogP contribution is -2.40. The standard InChI is InChI=1S/C14H16Cl2N2O2S/c1-9(11-4-3-10(15)5-12(11)16)17(2)13(19)6-18-8-21-7-14(18)20/h3-5,9H,6-8H2,1-2H3/t9-/m1/s1. The molecule has 0 aliphatic carbocycles. The molecular formula is C14H16Cl2N2O2S. The van der Waals surface area contributed by atoms with Crippen LogP contribution in [0.25, 0.3) is 0 Å². The summed E-state index contributed by atoms with van der Waals surface area (Å²) in [7, 11) is 1.71. The van der Waals surface area contributed by atoms with E-state index >= 15 is 0 Å². The molecule has 0 spiro atoms. The Balaban J connectivity index is 2.05. The van der Waals surface area contributed by atoms with Crippen LogP contribution >= 0.6 is 35.0 Å². The number of likely N-dealkylation sites (N-methyl/N-ethyl adjacent to an activating group) is 1. The predicted octanol–water partition coefficient (Wildman–Crippen LogP) is 3.05. The van der Waals surface area contributed by atoms with Crippen molar-refractivity contribution in [3.05, 3.63) is 33.8 Å². The van der Waals surface area contributed by atoms with Crippen LogP contribution in [0.15, 0.2) is 18.2 Å². The Labute approximate surface area is 138 Å². The molecule has 1 fully saturated rings. The Kier molecular flexibility index (Phi) is 5.41. The van der Waals surface area contributed by atoms with Crippen molar-refractivity contribution in [3.8, 4) is 0 Å². The van der Waals surface area contributed by atoms with E-state index in [0.717, 1.165) is 5.56 Å². The predicted molar refractivity (Wildman–Crippen MR) is 86.7 cm³/mol. The second-order valence-electron chi connectivity index (χ2n) is 4.92. The monoisotopic (exact) mass is 346 g/mol. The van der Waals surface area contributed by atoms with Gasteiger partial charge in [-0.2, -0.15) is 0 Å². The van der Waals surface area contributed by atoms with Crippen molar-refractivity contribution in [1.29, 1.82) is 0 Å². The van der Waals surface area contributed by atoms with Gasteiger partial charge in [0.2, 0.25) is 11.8 Å². The van der Waals surface area contributed by atoms with Gasteiger partial charge >= 0.3 is 0 Å². The first-order chi connectivity index (χ1) is 9.90. The summed E-state index contributed by atoms with van der Waals surface area (Å²) >= 11 is 13.6. The quantitative estimate of drug-likeness (QED) is 0.841. The molecule has 0 aromatic heterocycles. The first-order valence-electron chi connectivity index (χ1n) is 6.46. The van der Waals surface area contributed by atoms with Crippen molar-refractivity contribution in [1.82, 2.24) is 9.80 Å². The molecule has 1 aromatic rings. The third-order valence-electron chi connectivity index (χ3n) is 3.54. The fourth-order valence-corrected chi connectivity index (χ4v) is 3.55. The number of nitrogens with zero attached hydrogens (tertiary/aromatic N) is 2. The van der Waals surface area contributed by atoms with Gasteiger partial charge in [0.05, 0.1) is 17.7 Å². The lowest BCUT2D eigenvalue weighted by atomic mass is 10.1. The van der Waals surface area contributed by atoms with Gasteiger partial charge in [0.25, 0.3) is 0 Å². The molecule has 1 aliphatic rings. The van der Waals surface area contributed by atoms with Crippen LogP contribution in [-0.2, 0) is 9.59 Å². The molecule has 0 saturated carbocycles. The van der Waals surface area contributed by atoms with Crippen molar-refractivity contribution in [2.75, 3.05) is 25.2 Å². The van der Waals surface area contributed by atoms with E-state index in [9.17, 15) is 9.59 Å². The molecule has 7 heteroatoms. The Morgan fingerprint density at radius 2 is 2.19 bits per heavy atom. The summed E-state index contributed by atoms with van der Waals surface area (Å²) in [4.78, 5) is 27.0. The second-order valence-corrected chi connectivity index (χ2v) is 6.71. The van der Waals surface area contributed by atoms with Gasteiger partial charge in [0.1, 0.15) is 6.54 Å². The minimum absolute atomic E-state index is 0.0129. The third kappa shape index (κ3) is 3.84. The van der Waals surface area contributed by atoms with Gasteiger partial charge in [-0.3, -0.25) is 9.59 Å². The zero-order chi connectivity index (χ0) is 15.6. The maximum atomic E-state index is 12.3. The summed E-state index contributed by atoms with van der Waals surface area (Å²) in [5, 5.41) is 1.09. The van der Waals surface area contributed by atoms with Crippen LogP contribution in [0.3, 0.4) is 0 Å². The van der Waals surface area contributed by atoms with Gasteiger partial charge < -0.3 is 9.80 Å². The smallest absolute Gasteiger partial charge is 0.242 e. The summed E-state index contributed by atoms with van der Waals surface area (Å²) in [6.45, 7) is 2.01. The fourth-order valence-electron chi connectivity index (χ4n) is 2.08. The number of thioether (sulfide) groups is 1. The molecular weight excluding hydrogens is 331 g/mol. The van der Waals surface area contributed by atoms with Gasteiger partial charge in [-0.15, -0.1) is 11.8 Å². The molecule has 1 aromatic carbocycles. The van der Waals surface area contributed by atoms with Crippen LogP contribution in [0.5, 0.6) is 0 Å². The van der Waals surface area contributed by atoms with Gasteiger partial charge in [-0.25, -0.2) is 0 Å². The van der Waals surface area contributed by atoms with Crippen molar-refractivity contribution < 1.29 is 9.59 Å². The maximum Gasteiger partial charge on any atom is 0.242 e. The van der Waals surface area contributed by atoms with Crippen molar-refractivity contribution >= 4 is 46.8 Å². The van der Waals surface area contributed by atoms with E-state index in [0.29, 0.717) is 21.7 Å². The van der Waals surface area contributed by atoms with E-state index in [4.69, 9.17) is 23.2 Å². The zero-order valence-electron chi connectivity index (χ0n) is 11.8. The minimum atomic E-state index is -0.187. The maximum absolute atomic E-state index is 12.3. The number of carbonyl (C=O) groups excluding carboxylic acids is 2. The highest BCUT2D eigenvalue weighted by atomic mass is 35.5. The number of amides is 2. The van der Waals surface area contributed by atoms with Crippen LogP contribution in [0, 0.1) is 0 Å². The van der Waals surface area contributed by atoms with Crippen LogP contribution < -0.4 is 0 Å². The first-order valence-corrected chi connectivity index (χ1v) is 8.37. The molecule has 2 rings (SSSR count). The van der Waals surface area contributed by atoms with Crippen LogP contribution in [0.1, 0.15) is 18.5 Å². The van der Waals surface area contributed by atoms with Gasteiger partial charge in [-0.05, 0) is 24.6 Å². The molecule has 4 nitrogen and oxygen atoms in total. The van der Waals surface area contributed by atoms with Crippen LogP contribution in [0.4, 0.5) is 0 Å². The van der Waals surface area contributed by atoms with Crippen molar-refractivity contribution in [3.63, 3.8) is 0 Å². The summed E-state index contributed by atoms with van der Waals surface area (Å²) in [6.07, 6.45) is 0. The molecule has 21 heavy (non-hydrogen) atoms. The van der Waals surface area contributed by atoms with Gasteiger partial charge in [0, 0.05) is 17.1 Å². The van der Waals surface area contributed by atoms with E-state index in [2.05, 4.69) is 0 Å². The number of hydrogen-bond acceptors (Lipinski definition) is 3. The fraction of sp³-hybridized carbons (Fsp3) is 0.429. The Hall–Kier alpha value is -0.910. The first kappa shape index (κ1) is 16.5. The molecule has 0 unspecified atom stereocenters. The van der Waals surface area contributed by atoms with E-state index in [1.807, 2.05) is 13.0 Å². The second kappa shape index (κ2) is 6.90. The Morgan fingerprint density at radius 3 is 2.76 bits per heavy atom. The molecule has 114 valence electrons. The molecule has 1 saturated heterocycles. The number of halogens is 2. The minimum Gasteiger partial charge on any atom is -0.337 e. The van der Waals surface area contributed by atoms with E-state index in [-0.39, 0.29) is 24.4 Å². The highest BCUT2D eigenvalue weighted by Crippen LogP contribution is 2.29. The molecule has 1 atom stereocenters. The molecule has 1 aliphatic heterocycles. The summed E-state index contributed by atoms with van der Waals surface area (Å²) in [5.74, 6) is 0.938. The average Bonchev–Trinajstić information content (AvgIpc) is 2.82. The number of rotatable bonds is 4. The largest absolute Gasteiger partial charge is 0.337 e. The summed E-state index contributed by atoms with van der Waals surface area (Å²) in [5.41, 5.74) is 0.832. The van der Waals surface area contributed by atoms with E-state index < -0.39 is 0 Å². The van der Waals surface area contributed by atoms with E-state index in [1.165, 1.54) is 11.8 Å². The summed E-state index contributed by atoms with van der Waals surface area (Å²) < 4.78 is 0. The SMILES string of the molecule is C[C@H](c1ccc(Cl)cc1Cl)N(C)C(=O)CN1CSCC1=O. The highest BCUT2D eigenvalue weighted by Gasteiger charge is 2.26. The number of benzene rings is 1. The molecule has 0 N–H and O–H groups in total. The molecule has 0 radical (unpaired) electrons. The third-order valence-corrected chi connectivity index (χ3v) is 5.05. The average molecular weight is 347 g/mol. The van der Waals surface area contributed by atoms with Crippen LogP contribution in [0.2, 0.25) is 10.0 Å². The Morgan fingerprint density at radius 1 is 1.48 bits per heavy atom. The topological polar surface area (TPSA) is 40.6 Å². The normalized spacial score (nSPS) is 16.2. The van der Waals surface area contributed by atoms with Crippen molar-refractivity contribution in [2.45, 2.75) is 13.0 Å². The summed E-state index contributed by atoms with van der Waals surface area (Å²) in [6, 6.07) is 5.04. The van der Waals surface area contributed by atoms with Crippen molar-refractivity contribution in [2.24, 2.45) is 0 Å². The van der Waals surface area contributed by atoms with Gasteiger partial charge in [0.15, 0.2) is 0 Å². The van der Waals surface area contributed by atoms with E-state index in [1.54, 1.807) is 29.0 Å². The lowest BCUT2D eigenvalue weighted by molar-refractivity contribution is -0.138. The molecule has 0 bridgehead atoms. The zero-order valence-corrected chi connectivity index (χ0v) is 14.1. The van der Waals surface area contributed by atoms with Crippen LogP contribution in [-0.4, -0.2) is 46.8 Å². The highest BCUT2D eigenvalue weighted by molar-refractivity contribution is 8.00.